The van der Waals surface area contributed by atoms with Crippen LogP contribution in [0.3, 0.4) is 0 Å². The number of aryl methyl sites for hydroxylation is 1. The van der Waals surface area contributed by atoms with Crippen LogP contribution in [0.5, 0.6) is 0 Å². The highest BCUT2D eigenvalue weighted by Gasteiger charge is 2.59. The van der Waals surface area contributed by atoms with Crippen LogP contribution in [0.25, 0.3) is 11.8 Å². The van der Waals surface area contributed by atoms with Crippen LogP contribution in [0.2, 0.25) is 0 Å². The van der Waals surface area contributed by atoms with Crippen LogP contribution >= 0.6 is 0 Å². The van der Waals surface area contributed by atoms with Gasteiger partial charge in [-0.1, -0.05) is 37.5 Å². The van der Waals surface area contributed by atoms with Crippen LogP contribution in [0.15, 0.2) is 60.5 Å². The molecule has 2 heterocycles. The second-order valence-electron chi connectivity index (χ2n) is 13.7. The van der Waals surface area contributed by atoms with Gasteiger partial charge in [0.2, 0.25) is 0 Å². The summed E-state index contributed by atoms with van der Waals surface area (Å²) in [6.07, 6.45) is 14.6. The summed E-state index contributed by atoms with van der Waals surface area (Å²) in [6, 6.07) is 7.72. The molecule has 3 aliphatic carbocycles. The summed E-state index contributed by atoms with van der Waals surface area (Å²) in [5.41, 5.74) is 4.84. The van der Waals surface area contributed by atoms with Gasteiger partial charge in [0.1, 0.15) is 11.6 Å². The number of carbonyl (C=O) groups excluding carboxylic acids is 1. The third-order valence-corrected chi connectivity index (χ3v) is 11.1. The van der Waals surface area contributed by atoms with Gasteiger partial charge < -0.3 is 10.4 Å². The zero-order chi connectivity index (χ0) is 31.3. The number of amides is 1. The molecule has 6 rings (SSSR count). The minimum atomic E-state index is -1.03. The summed E-state index contributed by atoms with van der Waals surface area (Å²) in [5.74, 6) is -0.759. The quantitative estimate of drug-likeness (QED) is 0.256. The number of halogens is 2. The third kappa shape index (κ3) is 5.01. The summed E-state index contributed by atoms with van der Waals surface area (Å²) in [4.78, 5) is 17.9. The first-order valence-corrected chi connectivity index (χ1v) is 15.8. The number of allylic oxidation sites excluding steroid dienone is 1. The Morgan fingerprint density at radius 1 is 1.18 bits per heavy atom. The highest BCUT2D eigenvalue weighted by atomic mass is 19.1. The number of rotatable bonds is 9. The Morgan fingerprint density at radius 3 is 2.59 bits per heavy atom. The van der Waals surface area contributed by atoms with Crippen molar-refractivity contribution < 1.29 is 18.7 Å². The molecule has 2 aromatic heterocycles. The van der Waals surface area contributed by atoms with Gasteiger partial charge in [0.05, 0.1) is 47.2 Å². The lowest BCUT2D eigenvalue weighted by Gasteiger charge is -2.51. The van der Waals surface area contributed by atoms with E-state index < -0.39 is 17.3 Å². The SMILES string of the molecule is C=C(C)C(C)(CO)NC(=O)c1cc(F)cnc1CCC1(C)CCC2=Cc3c(cnn3-c3ccc(F)cc3)CC21C1CCCC1. The molecule has 0 spiro atoms. The number of pyridine rings is 1. The lowest BCUT2D eigenvalue weighted by Crippen LogP contribution is -2.50. The Kier molecular flexibility index (Phi) is 7.85. The van der Waals surface area contributed by atoms with Gasteiger partial charge in [0, 0.05) is 5.41 Å². The van der Waals surface area contributed by atoms with E-state index in [1.54, 1.807) is 26.0 Å². The Labute approximate surface area is 258 Å². The van der Waals surface area contributed by atoms with Crippen molar-refractivity contribution in [2.75, 3.05) is 6.61 Å². The number of hydrogen-bond donors (Lipinski definition) is 2. The lowest BCUT2D eigenvalue weighted by molar-refractivity contribution is 0.0435. The van der Waals surface area contributed by atoms with Crippen molar-refractivity contribution >= 4 is 12.0 Å². The largest absolute Gasteiger partial charge is 0.394 e. The molecule has 1 amide bonds. The number of aliphatic hydroxyl groups excluding tert-OH is 1. The van der Waals surface area contributed by atoms with Gasteiger partial charge in [0.25, 0.3) is 5.91 Å². The van der Waals surface area contributed by atoms with Gasteiger partial charge >= 0.3 is 0 Å². The van der Waals surface area contributed by atoms with Crippen molar-refractivity contribution in [2.24, 2.45) is 16.7 Å². The van der Waals surface area contributed by atoms with Crippen molar-refractivity contribution in [3.8, 4) is 5.69 Å². The van der Waals surface area contributed by atoms with Crippen molar-refractivity contribution in [3.05, 3.63) is 94.6 Å². The van der Waals surface area contributed by atoms with Crippen LogP contribution in [0.4, 0.5) is 8.78 Å². The van der Waals surface area contributed by atoms with Crippen molar-refractivity contribution in [1.82, 2.24) is 20.1 Å². The molecule has 0 radical (unpaired) electrons. The predicted molar refractivity (Wildman–Crippen MR) is 167 cm³/mol. The number of fused-ring (bicyclic) bond motifs is 2. The van der Waals surface area contributed by atoms with Crippen LogP contribution in [0.1, 0.15) is 93.0 Å². The number of nitrogens with zero attached hydrogens (tertiary/aromatic N) is 3. The minimum Gasteiger partial charge on any atom is -0.394 e. The molecule has 44 heavy (non-hydrogen) atoms. The summed E-state index contributed by atoms with van der Waals surface area (Å²) >= 11 is 0. The second kappa shape index (κ2) is 11.4. The standard InChI is InChI=1S/C36H42F2N4O2/c1-23(2)35(4,22-43)41-33(44)30-18-28(38)21-39-31(30)14-16-34(3)15-13-26-17-32-24(19-36(26,34)25-7-5-6-8-25)20-40-42(32)29-11-9-27(37)10-12-29/h9-12,17-18,20-21,25,43H,1,5-8,13-16,19,22H2,2-4H3,(H,41,44). The summed E-state index contributed by atoms with van der Waals surface area (Å²) in [5, 5.41) is 17.6. The Morgan fingerprint density at radius 2 is 1.91 bits per heavy atom. The van der Waals surface area contributed by atoms with Crippen molar-refractivity contribution in [3.63, 3.8) is 0 Å². The van der Waals surface area contributed by atoms with Gasteiger partial charge in [-0.15, -0.1) is 0 Å². The Bertz CT molecular complexity index is 1620. The van der Waals surface area contributed by atoms with Gasteiger partial charge in [-0.05, 0) is 112 Å². The van der Waals surface area contributed by atoms with Gasteiger partial charge in [-0.3, -0.25) is 9.78 Å². The first-order valence-electron chi connectivity index (χ1n) is 15.8. The molecular weight excluding hydrogens is 558 g/mol. The van der Waals surface area contributed by atoms with E-state index in [9.17, 15) is 18.7 Å². The highest BCUT2D eigenvalue weighted by molar-refractivity contribution is 5.96. The Balaban J connectivity index is 1.33. The molecule has 2 N–H and O–H groups in total. The van der Waals surface area contributed by atoms with Gasteiger partial charge in [-0.2, -0.15) is 5.10 Å². The third-order valence-electron chi connectivity index (χ3n) is 11.1. The minimum absolute atomic E-state index is 0.0367. The molecule has 3 aromatic rings. The predicted octanol–water partition coefficient (Wildman–Crippen LogP) is 7.15. The summed E-state index contributed by atoms with van der Waals surface area (Å²) in [6.45, 7) is 9.44. The van der Waals surface area contributed by atoms with E-state index in [4.69, 9.17) is 5.10 Å². The smallest absolute Gasteiger partial charge is 0.253 e. The number of aliphatic hydroxyl groups is 1. The fourth-order valence-electron chi connectivity index (χ4n) is 8.23. The lowest BCUT2D eigenvalue weighted by atomic mass is 9.53. The normalized spacial score (nSPS) is 24.4. The number of benzene rings is 1. The fraction of sp³-hybridized carbons (Fsp3) is 0.472. The average Bonchev–Trinajstić information content (AvgIpc) is 3.75. The van der Waals surface area contributed by atoms with E-state index >= 15 is 0 Å². The molecule has 0 bridgehead atoms. The molecule has 3 aliphatic rings. The molecule has 0 aliphatic heterocycles. The maximum absolute atomic E-state index is 14.4. The summed E-state index contributed by atoms with van der Waals surface area (Å²) < 4.78 is 30.0. The number of aromatic nitrogens is 3. The molecular formula is C36H42F2N4O2. The molecule has 2 saturated carbocycles. The van der Waals surface area contributed by atoms with Gasteiger partial charge in [-0.25, -0.2) is 13.5 Å². The van der Waals surface area contributed by atoms with Crippen LogP contribution < -0.4 is 5.32 Å². The van der Waals surface area contributed by atoms with Gasteiger partial charge in [0.15, 0.2) is 0 Å². The maximum atomic E-state index is 14.4. The number of hydrogen-bond acceptors (Lipinski definition) is 4. The van der Waals surface area contributed by atoms with E-state index in [1.807, 2.05) is 10.9 Å². The zero-order valence-electron chi connectivity index (χ0n) is 25.9. The molecule has 2 fully saturated rings. The van der Waals surface area contributed by atoms with E-state index in [-0.39, 0.29) is 28.8 Å². The van der Waals surface area contributed by atoms with Crippen molar-refractivity contribution in [1.29, 1.82) is 0 Å². The Hall–Kier alpha value is -3.65. The van der Waals surface area contributed by atoms with E-state index in [2.05, 4.69) is 29.9 Å². The van der Waals surface area contributed by atoms with Crippen LogP contribution in [-0.4, -0.2) is 37.9 Å². The maximum Gasteiger partial charge on any atom is 0.253 e. The molecule has 6 nitrogen and oxygen atoms in total. The van der Waals surface area contributed by atoms with E-state index in [0.717, 1.165) is 37.1 Å². The number of carbonyl (C=O) groups is 1. The highest BCUT2D eigenvalue weighted by Crippen LogP contribution is 2.67. The second-order valence-corrected chi connectivity index (χ2v) is 13.7. The molecule has 232 valence electrons. The molecule has 8 heteroatoms. The average molecular weight is 601 g/mol. The van der Waals surface area contributed by atoms with Crippen LogP contribution in [0, 0.1) is 28.4 Å². The topological polar surface area (TPSA) is 80.0 Å². The number of nitrogens with one attached hydrogen (secondary N) is 1. The van der Waals surface area contributed by atoms with E-state index in [0.29, 0.717) is 23.6 Å². The molecule has 0 saturated heterocycles. The van der Waals surface area contributed by atoms with E-state index in [1.165, 1.54) is 61.2 Å². The summed E-state index contributed by atoms with van der Waals surface area (Å²) in [7, 11) is 0. The molecule has 3 atom stereocenters. The van der Waals surface area contributed by atoms with Crippen LogP contribution in [-0.2, 0) is 12.8 Å². The molecule has 1 aromatic carbocycles. The van der Waals surface area contributed by atoms with Crippen molar-refractivity contribution in [2.45, 2.75) is 84.1 Å². The fourth-order valence-corrected chi connectivity index (χ4v) is 8.23. The monoisotopic (exact) mass is 600 g/mol. The molecule has 3 unspecified atom stereocenters. The zero-order valence-corrected chi connectivity index (χ0v) is 25.9. The first kappa shape index (κ1) is 30.4. The first-order chi connectivity index (χ1) is 21.0.